The van der Waals surface area contributed by atoms with Crippen LogP contribution in [-0.2, 0) is 7.05 Å². The Hall–Kier alpha value is -3.32. The lowest BCUT2D eigenvalue weighted by Gasteiger charge is -2.22. The summed E-state index contributed by atoms with van der Waals surface area (Å²) in [5.74, 6) is 0. The molecule has 0 unspecified atom stereocenters. The van der Waals surface area contributed by atoms with Crippen molar-refractivity contribution < 1.29 is 0 Å². The highest BCUT2D eigenvalue weighted by Gasteiger charge is 2.16. The van der Waals surface area contributed by atoms with E-state index >= 15 is 0 Å². The van der Waals surface area contributed by atoms with E-state index in [4.69, 9.17) is 4.98 Å². The first kappa shape index (κ1) is 17.8. The molecule has 0 amide bonds. The van der Waals surface area contributed by atoms with E-state index in [2.05, 4.69) is 37.4 Å². The summed E-state index contributed by atoms with van der Waals surface area (Å²) in [7, 11) is 1.90. The van der Waals surface area contributed by atoms with Crippen LogP contribution in [0.2, 0.25) is 0 Å². The van der Waals surface area contributed by atoms with Gasteiger partial charge in [0.15, 0.2) is 0 Å². The van der Waals surface area contributed by atoms with Crippen molar-refractivity contribution >= 4 is 0 Å². The van der Waals surface area contributed by atoms with Gasteiger partial charge in [-0.15, -0.1) is 0 Å². The molecular weight excluding hydrogens is 362 g/mol. The molecule has 5 rings (SSSR count). The van der Waals surface area contributed by atoms with Crippen molar-refractivity contribution in [2.75, 3.05) is 13.1 Å². The number of hydrogen-bond donors (Lipinski definition) is 1. The van der Waals surface area contributed by atoms with Crippen LogP contribution in [0.4, 0.5) is 0 Å². The summed E-state index contributed by atoms with van der Waals surface area (Å²) in [6.07, 6.45) is 12.0. The molecule has 4 aromatic heterocycles. The molecular formula is C22H23N7. The van der Waals surface area contributed by atoms with Crippen molar-refractivity contribution in [2.45, 2.75) is 18.9 Å². The Bertz CT molecular complexity index is 1100. The first-order valence-corrected chi connectivity index (χ1v) is 9.94. The Morgan fingerprint density at radius 3 is 2.41 bits per heavy atom. The number of pyridine rings is 2. The van der Waals surface area contributed by atoms with Gasteiger partial charge in [-0.2, -0.15) is 10.2 Å². The first-order chi connectivity index (χ1) is 14.3. The Labute approximate surface area is 169 Å². The third-order valence-corrected chi connectivity index (χ3v) is 5.39. The van der Waals surface area contributed by atoms with Crippen LogP contribution < -0.4 is 5.32 Å². The van der Waals surface area contributed by atoms with E-state index in [0.717, 1.165) is 59.7 Å². The van der Waals surface area contributed by atoms with Crippen LogP contribution in [0.5, 0.6) is 0 Å². The van der Waals surface area contributed by atoms with Gasteiger partial charge < -0.3 is 5.32 Å². The van der Waals surface area contributed by atoms with Crippen LogP contribution in [0.1, 0.15) is 18.9 Å². The van der Waals surface area contributed by atoms with Gasteiger partial charge in [0.1, 0.15) is 0 Å². The molecule has 0 aliphatic carbocycles. The van der Waals surface area contributed by atoms with Gasteiger partial charge in [-0.25, -0.2) is 4.98 Å². The van der Waals surface area contributed by atoms with E-state index in [9.17, 15) is 0 Å². The number of rotatable bonds is 4. The predicted molar refractivity (Wildman–Crippen MR) is 112 cm³/mol. The Kier molecular flexibility index (Phi) is 4.65. The fourth-order valence-corrected chi connectivity index (χ4v) is 3.77. The third-order valence-electron chi connectivity index (χ3n) is 5.39. The van der Waals surface area contributed by atoms with E-state index in [0.29, 0.717) is 6.04 Å². The maximum atomic E-state index is 4.76. The highest BCUT2D eigenvalue weighted by molar-refractivity contribution is 5.66. The van der Waals surface area contributed by atoms with Crippen LogP contribution in [0.15, 0.2) is 61.3 Å². The van der Waals surface area contributed by atoms with Gasteiger partial charge >= 0.3 is 0 Å². The zero-order valence-electron chi connectivity index (χ0n) is 16.4. The monoisotopic (exact) mass is 385 g/mol. The first-order valence-electron chi connectivity index (χ1n) is 9.94. The number of hydrogen-bond acceptors (Lipinski definition) is 5. The van der Waals surface area contributed by atoms with E-state index in [1.165, 1.54) is 0 Å². The summed E-state index contributed by atoms with van der Waals surface area (Å²) in [6.45, 7) is 2.11. The van der Waals surface area contributed by atoms with Gasteiger partial charge in [0.05, 0.1) is 35.5 Å². The lowest BCUT2D eigenvalue weighted by atomic mass is 10.1. The lowest BCUT2D eigenvalue weighted by molar-refractivity contribution is 0.343. The predicted octanol–water partition coefficient (Wildman–Crippen LogP) is 3.33. The molecule has 7 nitrogen and oxygen atoms in total. The molecule has 0 aromatic carbocycles. The quantitative estimate of drug-likeness (QED) is 0.583. The Morgan fingerprint density at radius 2 is 1.66 bits per heavy atom. The maximum Gasteiger partial charge on any atom is 0.0893 e. The minimum Gasteiger partial charge on any atom is -0.317 e. The Balaban J connectivity index is 1.37. The zero-order chi connectivity index (χ0) is 19.6. The number of aromatic nitrogens is 6. The van der Waals surface area contributed by atoms with Crippen LogP contribution in [0, 0.1) is 0 Å². The average Bonchev–Trinajstić information content (AvgIpc) is 3.44. The largest absolute Gasteiger partial charge is 0.317 e. The van der Waals surface area contributed by atoms with Gasteiger partial charge in [-0.3, -0.25) is 14.3 Å². The zero-order valence-corrected chi connectivity index (χ0v) is 16.4. The maximum absolute atomic E-state index is 4.76. The van der Waals surface area contributed by atoms with Gasteiger partial charge in [0, 0.05) is 42.3 Å². The van der Waals surface area contributed by atoms with E-state index in [-0.39, 0.29) is 0 Å². The summed E-state index contributed by atoms with van der Waals surface area (Å²) >= 11 is 0. The molecule has 7 heteroatoms. The molecule has 1 saturated heterocycles. The third kappa shape index (κ3) is 3.69. The van der Waals surface area contributed by atoms with E-state index < -0.39 is 0 Å². The van der Waals surface area contributed by atoms with Crippen molar-refractivity contribution in [2.24, 2.45) is 7.05 Å². The number of nitrogens with zero attached hydrogens (tertiary/aromatic N) is 6. The van der Waals surface area contributed by atoms with Gasteiger partial charge in [0.25, 0.3) is 0 Å². The molecule has 1 aliphatic heterocycles. The molecule has 1 N–H and O–H groups in total. The average molecular weight is 385 g/mol. The second-order valence-electron chi connectivity index (χ2n) is 7.43. The van der Waals surface area contributed by atoms with E-state index in [1.54, 1.807) is 4.68 Å². The molecule has 4 aromatic rings. The summed E-state index contributed by atoms with van der Waals surface area (Å²) in [6, 6.07) is 10.6. The molecule has 0 radical (unpaired) electrons. The molecule has 0 saturated carbocycles. The summed E-state index contributed by atoms with van der Waals surface area (Å²) in [5.41, 5.74) is 5.76. The number of aryl methyl sites for hydroxylation is 1. The molecule has 0 atom stereocenters. The van der Waals surface area contributed by atoms with Gasteiger partial charge in [0.2, 0.25) is 0 Å². The number of piperidine rings is 1. The highest BCUT2D eigenvalue weighted by Crippen LogP contribution is 2.25. The van der Waals surface area contributed by atoms with Crippen molar-refractivity contribution in [3.05, 3.63) is 61.3 Å². The number of nitrogens with one attached hydrogen (secondary N) is 1. The van der Waals surface area contributed by atoms with Gasteiger partial charge in [-0.05, 0) is 44.1 Å². The van der Waals surface area contributed by atoms with Crippen LogP contribution in [0.25, 0.3) is 33.8 Å². The van der Waals surface area contributed by atoms with Gasteiger partial charge in [-0.1, -0.05) is 12.1 Å². The van der Waals surface area contributed by atoms with Crippen molar-refractivity contribution in [1.29, 1.82) is 0 Å². The van der Waals surface area contributed by atoms with E-state index in [1.807, 2.05) is 56.1 Å². The second kappa shape index (κ2) is 7.60. The molecule has 5 heterocycles. The van der Waals surface area contributed by atoms with Crippen LogP contribution in [0.3, 0.4) is 0 Å². The van der Waals surface area contributed by atoms with Crippen LogP contribution >= 0.6 is 0 Å². The molecule has 29 heavy (non-hydrogen) atoms. The Morgan fingerprint density at radius 1 is 0.828 bits per heavy atom. The second-order valence-corrected chi connectivity index (χ2v) is 7.43. The summed E-state index contributed by atoms with van der Waals surface area (Å²) < 4.78 is 3.88. The summed E-state index contributed by atoms with van der Waals surface area (Å²) in [4.78, 5) is 9.41. The minimum atomic E-state index is 0.483. The topological polar surface area (TPSA) is 73.5 Å². The minimum absolute atomic E-state index is 0.483. The normalized spacial score (nSPS) is 14.9. The molecule has 0 spiro atoms. The summed E-state index contributed by atoms with van der Waals surface area (Å²) in [5, 5.41) is 12.2. The standard InChI is InChI=1S/C22H23N7/c1-28-14-18(13-25-28)20-3-2-4-22(27-20)21-6-5-16(11-24-21)17-12-26-29(15-17)19-7-9-23-10-8-19/h2-6,11-15,19,23H,7-10H2,1H3. The smallest absolute Gasteiger partial charge is 0.0893 e. The fraction of sp³-hybridized carbons (Fsp3) is 0.273. The molecule has 146 valence electrons. The highest BCUT2D eigenvalue weighted by atomic mass is 15.3. The van der Waals surface area contributed by atoms with Crippen LogP contribution in [-0.4, -0.2) is 42.6 Å². The SMILES string of the molecule is Cn1cc(-c2cccc(-c3ccc(-c4cnn(C5CCNCC5)c4)cn3)n2)cn1. The van der Waals surface area contributed by atoms with Crippen molar-refractivity contribution in [3.8, 4) is 33.8 Å². The lowest BCUT2D eigenvalue weighted by Crippen LogP contribution is -2.29. The molecule has 1 fully saturated rings. The molecule has 0 bridgehead atoms. The molecule has 1 aliphatic rings. The van der Waals surface area contributed by atoms with Crippen molar-refractivity contribution in [1.82, 2.24) is 34.8 Å². The fourth-order valence-electron chi connectivity index (χ4n) is 3.77. The van der Waals surface area contributed by atoms with Crippen molar-refractivity contribution in [3.63, 3.8) is 0 Å².